The molecule has 0 saturated carbocycles. The lowest BCUT2D eigenvalue weighted by Gasteiger charge is -2.09. The van der Waals surface area contributed by atoms with Gasteiger partial charge in [0.05, 0.1) is 12.2 Å². The molecule has 1 aromatic heterocycles. The summed E-state index contributed by atoms with van der Waals surface area (Å²) in [6.45, 7) is 4.72. The average Bonchev–Trinajstić information content (AvgIpc) is 2.95. The van der Waals surface area contributed by atoms with Crippen molar-refractivity contribution in [3.05, 3.63) is 64.0 Å². The highest BCUT2D eigenvalue weighted by atomic mass is 19.4. The minimum absolute atomic E-state index is 0.191. The number of benzene rings is 1. The van der Waals surface area contributed by atoms with Gasteiger partial charge in [0.2, 0.25) is 0 Å². The molecule has 0 radical (unpaired) electrons. The summed E-state index contributed by atoms with van der Waals surface area (Å²) in [5.74, 6) is -0.839. The van der Waals surface area contributed by atoms with E-state index in [1.54, 1.807) is 7.11 Å². The van der Waals surface area contributed by atoms with Crippen molar-refractivity contribution in [3.63, 3.8) is 0 Å². The quantitative estimate of drug-likeness (QED) is 0.388. The highest BCUT2D eigenvalue weighted by Crippen LogP contribution is 2.29. The third-order valence-electron chi connectivity index (χ3n) is 4.42. The van der Waals surface area contributed by atoms with Crippen molar-refractivity contribution in [2.75, 3.05) is 13.7 Å². The molecule has 154 valence electrons. The van der Waals surface area contributed by atoms with Crippen LogP contribution in [0.3, 0.4) is 0 Å². The first-order valence-electron chi connectivity index (χ1n) is 8.78. The Morgan fingerprint density at radius 2 is 1.90 bits per heavy atom. The number of methoxy groups -OCH3 is 1. The maximum absolute atomic E-state index is 12.6. The monoisotopic (exact) mass is 406 g/mol. The van der Waals surface area contributed by atoms with E-state index in [4.69, 9.17) is 9.47 Å². The van der Waals surface area contributed by atoms with Gasteiger partial charge in [-0.2, -0.15) is 18.4 Å². The van der Waals surface area contributed by atoms with Crippen molar-refractivity contribution >= 4 is 12.0 Å². The number of hydrogen-bond donors (Lipinski definition) is 0. The number of rotatable bonds is 7. The number of aryl methyl sites for hydroxylation is 1. The summed E-state index contributed by atoms with van der Waals surface area (Å²) < 4.78 is 49.9. The van der Waals surface area contributed by atoms with E-state index in [-0.39, 0.29) is 12.2 Å². The Morgan fingerprint density at radius 3 is 2.45 bits per heavy atom. The molecule has 0 aliphatic heterocycles. The topological polar surface area (TPSA) is 64.2 Å². The molecule has 5 nitrogen and oxygen atoms in total. The Morgan fingerprint density at radius 1 is 1.24 bits per heavy atom. The van der Waals surface area contributed by atoms with Crippen LogP contribution in [-0.4, -0.2) is 24.3 Å². The summed E-state index contributed by atoms with van der Waals surface area (Å²) in [6.07, 6.45) is -2.98. The summed E-state index contributed by atoms with van der Waals surface area (Å²) in [5, 5.41) is 9.32. The normalized spacial score (nSPS) is 12.0. The Kier molecular flexibility index (Phi) is 7.23. The van der Waals surface area contributed by atoms with Crippen LogP contribution in [-0.2, 0) is 33.6 Å². The molecule has 0 amide bonds. The van der Waals surface area contributed by atoms with Gasteiger partial charge in [0.15, 0.2) is 0 Å². The summed E-state index contributed by atoms with van der Waals surface area (Å²) in [5.41, 5.74) is 1.96. The molecule has 0 saturated heterocycles. The largest absolute Gasteiger partial charge is 0.457 e. The van der Waals surface area contributed by atoms with Gasteiger partial charge in [-0.1, -0.05) is 12.1 Å². The molecule has 2 rings (SSSR count). The smallest absolute Gasteiger partial charge is 0.416 e. The van der Waals surface area contributed by atoms with Crippen LogP contribution in [0.5, 0.6) is 0 Å². The van der Waals surface area contributed by atoms with Crippen molar-refractivity contribution in [1.29, 1.82) is 5.26 Å². The Labute approximate surface area is 167 Å². The van der Waals surface area contributed by atoms with E-state index in [1.807, 2.05) is 30.6 Å². The number of esters is 1. The fourth-order valence-corrected chi connectivity index (χ4v) is 2.81. The number of carbonyl (C=O) groups excluding carboxylic acids is 1. The van der Waals surface area contributed by atoms with Gasteiger partial charge in [-0.25, -0.2) is 4.79 Å². The van der Waals surface area contributed by atoms with Gasteiger partial charge in [0, 0.05) is 25.0 Å². The van der Waals surface area contributed by atoms with E-state index < -0.39 is 17.7 Å². The minimum Gasteiger partial charge on any atom is -0.457 e. The number of carbonyl (C=O) groups is 1. The van der Waals surface area contributed by atoms with Crippen LogP contribution in [0.4, 0.5) is 13.2 Å². The van der Waals surface area contributed by atoms with E-state index in [9.17, 15) is 23.2 Å². The third kappa shape index (κ3) is 5.72. The highest BCUT2D eigenvalue weighted by molar-refractivity contribution is 5.98. The SMILES string of the molecule is COCCn1c(C)cc(/C=C(\C#N)C(=O)OCc2ccc(C(F)(F)F)cc2)c1C. The van der Waals surface area contributed by atoms with Crippen LogP contribution >= 0.6 is 0 Å². The number of ether oxygens (including phenoxy) is 2. The van der Waals surface area contributed by atoms with Gasteiger partial charge < -0.3 is 14.0 Å². The van der Waals surface area contributed by atoms with Crippen LogP contribution in [0.1, 0.15) is 28.1 Å². The summed E-state index contributed by atoms with van der Waals surface area (Å²) >= 11 is 0. The lowest BCUT2D eigenvalue weighted by Crippen LogP contribution is -2.08. The Balaban J connectivity index is 2.10. The summed E-state index contributed by atoms with van der Waals surface area (Å²) in [6, 6.07) is 7.97. The maximum atomic E-state index is 12.6. The Hall–Kier alpha value is -3.05. The van der Waals surface area contributed by atoms with Crippen molar-refractivity contribution in [3.8, 4) is 6.07 Å². The first kappa shape index (κ1) is 22.2. The Bertz CT molecular complexity index is 936. The van der Waals surface area contributed by atoms with Crippen LogP contribution in [0.2, 0.25) is 0 Å². The molecule has 0 aliphatic carbocycles. The molecule has 0 spiro atoms. The van der Waals surface area contributed by atoms with Gasteiger partial charge in [-0.05, 0) is 49.2 Å². The number of halogens is 3. The van der Waals surface area contributed by atoms with Crippen molar-refractivity contribution in [2.24, 2.45) is 0 Å². The van der Waals surface area contributed by atoms with Gasteiger partial charge in [0.25, 0.3) is 0 Å². The van der Waals surface area contributed by atoms with Crippen LogP contribution in [0.15, 0.2) is 35.9 Å². The average molecular weight is 406 g/mol. The second-order valence-corrected chi connectivity index (χ2v) is 6.41. The molecule has 8 heteroatoms. The molecule has 2 aromatic rings. The molecule has 0 fully saturated rings. The van der Waals surface area contributed by atoms with E-state index >= 15 is 0 Å². The number of hydrogen-bond acceptors (Lipinski definition) is 4. The van der Waals surface area contributed by atoms with E-state index in [0.29, 0.717) is 24.3 Å². The second-order valence-electron chi connectivity index (χ2n) is 6.41. The standard InChI is InChI=1S/C21H21F3N2O3/c1-14-10-17(15(2)26(14)8-9-28-3)11-18(12-25)20(27)29-13-16-4-6-19(7-5-16)21(22,23)24/h4-7,10-11H,8-9,13H2,1-3H3/b18-11+. The number of aromatic nitrogens is 1. The predicted molar refractivity (Wildman–Crippen MR) is 101 cm³/mol. The number of nitrogens with zero attached hydrogens (tertiary/aromatic N) is 2. The highest BCUT2D eigenvalue weighted by Gasteiger charge is 2.29. The van der Waals surface area contributed by atoms with Gasteiger partial charge in [-0.3, -0.25) is 0 Å². The minimum atomic E-state index is -4.43. The lowest BCUT2D eigenvalue weighted by atomic mass is 10.1. The fraction of sp³-hybridized carbons (Fsp3) is 0.333. The second kappa shape index (κ2) is 9.43. The molecule has 1 heterocycles. The molecule has 0 unspecified atom stereocenters. The van der Waals surface area contributed by atoms with Gasteiger partial charge >= 0.3 is 12.1 Å². The van der Waals surface area contributed by atoms with Crippen LogP contribution < -0.4 is 0 Å². The van der Waals surface area contributed by atoms with E-state index in [0.717, 1.165) is 23.5 Å². The molecule has 0 N–H and O–H groups in total. The van der Waals surface area contributed by atoms with E-state index in [1.165, 1.54) is 18.2 Å². The molecule has 1 aromatic carbocycles. The van der Waals surface area contributed by atoms with Crippen molar-refractivity contribution < 1.29 is 27.4 Å². The molecular formula is C21H21F3N2O3. The molecular weight excluding hydrogens is 385 g/mol. The van der Waals surface area contributed by atoms with E-state index in [2.05, 4.69) is 0 Å². The van der Waals surface area contributed by atoms with Crippen LogP contribution in [0, 0.1) is 25.2 Å². The molecule has 0 bridgehead atoms. The molecule has 29 heavy (non-hydrogen) atoms. The lowest BCUT2D eigenvalue weighted by molar-refractivity contribution is -0.140. The predicted octanol–water partition coefficient (Wildman–Crippen LogP) is 4.42. The zero-order valence-corrected chi connectivity index (χ0v) is 16.3. The zero-order valence-electron chi connectivity index (χ0n) is 16.3. The summed E-state index contributed by atoms with van der Waals surface area (Å²) in [4.78, 5) is 12.2. The first-order chi connectivity index (χ1) is 13.7. The summed E-state index contributed by atoms with van der Waals surface area (Å²) in [7, 11) is 1.61. The number of nitriles is 1. The number of alkyl halides is 3. The van der Waals surface area contributed by atoms with Gasteiger partial charge in [-0.15, -0.1) is 0 Å². The third-order valence-corrected chi connectivity index (χ3v) is 4.42. The van der Waals surface area contributed by atoms with Crippen molar-refractivity contribution in [1.82, 2.24) is 4.57 Å². The van der Waals surface area contributed by atoms with Gasteiger partial charge in [0.1, 0.15) is 18.2 Å². The first-order valence-corrected chi connectivity index (χ1v) is 8.78. The fourth-order valence-electron chi connectivity index (χ4n) is 2.81. The molecule has 0 aliphatic rings. The maximum Gasteiger partial charge on any atom is 0.416 e. The van der Waals surface area contributed by atoms with Crippen molar-refractivity contribution in [2.45, 2.75) is 33.2 Å². The zero-order chi connectivity index (χ0) is 21.6. The van der Waals surface area contributed by atoms with Crippen LogP contribution in [0.25, 0.3) is 6.08 Å². The molecule has 0 atom stereocenters.